The monoisotopic (exact) mass is 282 g/mol. The number of carbonyl (C=O) groups excluding carboxylic acids is 1. The first-order valence-corrected chi connectivity index (χ1v) is 7.17. The molecule has 0 aliphatic rings. The predicted octanol–water partition coefficient (Wildman–Crippen LogP) is 3.05. The summed E-state index contributed by atoms with van der Waals surface area (Å²) in [6.07, 6.45) is 0. The molecule has 21 heavy (non-hydrogen) atoms. The van der Waals surface area contributed by atoms with Crippen LogP contribution in [0.4, 0.5) is 0 Å². The van der Waals surface area contributed by atoms with E-state index in [4.69, 9.17) is 5.73 Å². The molecule has 0 fully saturated rings. The molecule has 2 aromatic carbocycles. The molecule has 110 valence electrons. The average molecular weight is 282 g/mol. The lowest BCUT2D eigenvalue weighted by Crippen LogP contribution is -2.52. The Morgan fingerprint density at radius 3 is 2.00 bits per heavy atom. The normalized spacial score (nSPS) is 13.9. The number of hydrogen-bond donors (Lipinski definition) is 2. The van der Waals surface area contributed by atoms with E-state index >= 15 is 0 Å². The summed E-state index contributed by atoms with van der Waals surface area (Å²) >= 11 is 0. The molecule has 1 atom stereocenters. The van der Waals surface area contributed by atoms with Crippen LogP contribution in [0.25, 0.3) is 11.1 Å². The Morgan fingerprint density at radius 1 is 1.00 bits per heavy atom. The van der Waals surface area contributed by atoms with Gasteiger partial charge in [0.2, 0.25) is 5.91 Å². The second-order valence-electron chi connectivity index (χ2n) is 5.73. The molecule has 3 heteroatoms. The van der Waals surface area contributed by atoms with Gasteiger partial charge in [-0.15, -0.1) is 0 Å². The van der Waals surface area contributed by atoms with Crippen LogP contribution in [0.3, 0.4) is 0 Å². The Kier molecular flexibility index (Phi) is 4.43. The number of benzene rings is 2. The number of nitrogens with two attached hydrogens (primary N) is 1. The largest absolute Gasteiger partial charge is 0.368 e. The predicted molar refractivity (Wildman–Crippen MR) is 86.7 cm³/mol. The first-order chi connectivity index (χ1) is 9.93. The SMILES string of the molecule is CC(C)NC(C)(C(N)=O)c1ccc(-c2ccccc2)cc1. The van der Waals surface area contributed by atoms with Crippen molar-refractivity contribution in [1.82, 2.24) is 5.32 Å². The second kappa shape index (κ2) is 6.10. The van der Waals surface area contributed by atoms with Gasteiger partial charge in [-0.3, -0.25) is 10.1 Å². The number of rotatable bonds is 5. The Hall–Kier alpha value is -2.13. The maximum atomic E-state index is 11.9. The molecule has 0 heterocycles. The van der Waals surface area contributed by atoms with Gasteiger partial charge in [0, 0.05) is 6.04 Å². The van der Waals surface area contributed by atoms with Gasteiger partial charge in [0.25, 0.3) is 0 Å². The number of hydrogen-bond acceptors (Lipinski definition) is 2. The Labute approximate surface area is 126 Å². The highest BCUT2D eigenvalue weighted by Gasteiger charge is 2.33. The Morgan fingerprint density at radius 2 is 1.52 bits per heavy atom. The van der Waals surface area contributed by atoms with Crippen LogP contribution < -0.4 is 11.1 Å². The molecule has 0 spiro atoms. The van der Waals surface area contributed by atoms with E-state index < -0.39 is 5.54 Å². The smallest absolute Gasteiger partial charge is 0.242 e. The topological polar surface area (TPSA) is 55.1 Å². The minimum absolute atomic E-state index is 0.163. The standard InChI is InChI=1S/C18H22N2O/c1-13(2)20-18(3,17(19)21)16-11-9-15(10-12-16)14-7-5-4-6-8-14/h4-13,20H,1-3H3,(H2,19,21). The summed E-state index contributed by atoms with van der Waals surface area (Å²) in [5.74, 6) is -0.372. The van der Waals surface area contributed by atoms with E-state index in [-0.39, 0.29) is 11.9 Å². The van der Waals surface area contributed by atoms with Crippen LogP contribution in [-0.2, 0) is 10.3 Å². The quantitative estimate of drug-likeness (QED) is 0.885. The van der Waals surface area contributed by atoms with Crippen LogP contribution >= 0.6 is 0 Å². The minimum atomic E-state index is -0.858. The molecule has 0 radical (unpaired) electrons. The van der Waals surface area contributed by atoms with Gasteiger partial charge in [0.15, 0.2) is 0 Å². The van der Waals surface area contributed by atoms with Gasteiger partial charge >= 0.3 is 0 Å². The molecule has 0 saturated carbocycles. The number of carbonyl (C=O) groups is 1. The highest BCUT2D eigenvalue weighted by atomic mass is 16.1. The van der Waals surface area contributed by atoms with Crippen molar-refractivity contribution in [3.8, 4) is 11.1 Å². The summed E-state index contributed by atoms with van der Waals surface area (Å²) in [5, 5.41) is 3.26. The second-order valence-corrected chi connectivity index (χ2v) is 5.73. The summed E-state index contributed by atoms with van der Waals surface area (Å²) in [7, 11) is 0. The molecule has 3 nitrogen and oxygen atoms in total. The van der Waals surface area contributed by atoms with E-state index in [1.165, 1.54) is 0 Å². The van der Waals surface area contributed by atoms with Crippen molar-refractivity contribution >= 4 is 5.91 Å². The lowest BCUT2D eigenvalue weighted by Gasteiger charge is -2.30. The van der Waals surface area contributed by atoms with Crippen molar-refractivity contribution in [1.29, 1.82) is 0 Å². The van der Waals surface area contributed by atoms with Crippen molar-refractivity contribution in [2.75, 3.05) is 0 Å². The highest BCUT2D eigenvalue weighted by molar-refractivity contribution is 5.86. The van der Waals surface area contributed by atoms with E-state index in [1.807, 2.05) is 63.2 Å². The van der Waals surface area contributed by atoms with Crippen molar-refractivity contribution in [2.45, 2.75) is 32.4 Å². The van der Waals surface area contributed by atoms with Crippen LogP contribution in [0.15, 0.2) is 54.6 Å². The van der Waals surface area contributed by atoms with Crippen LogP contribution in [0.2, 0.25) is 0 Å². The van der Waals surface area contributed by atoms with Gasteiger partial charge in [0.1, 0.15) is 5.54 Å². The maximum absolute atomic E-state index is 11.9. The summed E-state index contributed by atoms with van der Waals surface area (Å²) < 4.78 is 0. The van der Waals surface area contributed by atoms with Gasteiger partial charge in [-0.2, -0.15) is 0 Å². The fourth-order valence-corrected chi connectivity index (χ4v) is 2.50. The molecule has 3 N–H and O–H groups in total. The first-order valence-electron chi connectivity index (χ1n) is 7.17. The van der Waals surface area contributed by atoms with Gasteiger partial charge in [0.05, 0.1) is 0 Å². The zero-order chi connectivity index (χ0) is 15.5. The molecule has 0 bridgehead atoms. The molecule has 0 aliphatic carbocycles. The summed E-state index contributed by atoms with van der Waals surface area (Å²) in [6, 6.07) is 18.3. The average Bonchev–Trinajstić information content (AvgIpc) is 2.47. The fourth-order valence-electron chi connectivity index (χ4n) is 2.50. The van der Waals surface area contributed by atoms with Crippen LogP contribution in [0.5, 0.6) is 0 Å². The number of nitrogens with one attached hydrogen (secondary N) is 1. The number of primary amides is 1. The number of amides is 1. The van der Waals surface area contributed by atoms with Crippen molar-refractivity contribution in [3.63, 3.8) is 0 Å². The summed E-state index contributed by atoms with van der Waals surface area (Å²) in [6.45, 7) is 5.83. The summed E-state index contributed by atoms with van der Waals surface area (Å²) in [5.41, 5.74) is 7.89. The molecular weight excluding hydrogens is 260 g/mol. The first kappa shape index (κ1) is 15.3. The van der Waals surface area contributed by atoms with E-state index in [0.717, 1.165) is 16.7 Å². The van der Waals surface area contributed by atoms with E-state index in [0.29, 0.717) is 0 Å². The molecule has 0 saturated heterocycles. The van der Waals surface area contributed by atoms with Crippen LogP contribution in [0, 0.1) is 0 Å². The van der Waals surface area contributed by atoms with Crippen molar-refractivity contribution in [2.24, 2.45) is 5.73 Å². The highest BCUT2D eigenvalue weighted by Crippen LogP contribution is 2.25. The summed E-state index contributed by atoms with van der Waals surface area (Å²) in [4.78, 5) is 11.9. The zero-order valence-electron chi connectivity index (χ0n) is 12.8. The van der Waals surface area contributed by atoms with Gasteiger partial charge < -0.3 is 5.73 Å². The molecule has 2 aromatic rings. The van der Waals surface area contributed by atoms with E-state index in [9.17, 15) is 4.79 Å². The Bertz CT molecular complexity index is 605. The van der Waals surface area contributed by atoms with Gasteiger partial charge in [-0.05, 0) is 37.5 Å². The minimum Gasteiger partial charge on any atom is -0.368 e. The van der Waals surface area contributed by atoms with E-state index in [2.05, 4.69) is 17.4 Å². The molecule has 1 unspecified atom stereocenters. The lowest BCUT2D eigenvalue weighted by atomic mass is 9.89. The zero-order valence-corrected chi connectivity index (χ0v) is 12.8. The van der Waals surface area contributed by atoms with Crippen molar-refractivity contribution in [3.05, 3.63) is 60.2 Å². The third-order valence-corrected chi connectivity index (χ3v) is 3.64. The maximum Gasteiger partial charge on any atom is 0.242 e. The molecule has 0 aromatic heterocycles. The molecule has 0 aliphatic heterocycles. The molecular formula is C18H22N2O. The fraction of sp³-hybridized carbons (Fsp3) is 0.278. The van der Waals surface area contributed by atoms with Gasteiger partial charge in [-0.1, -0.05) is 54.6 Å². The van der Waals surface area contributed by atoms with E-state index in [1.54, 1.807) is 0 Å². The molecule has 1 amide bonds. The third kappa shape index (κ3) is 3.31. The van der Waals surface area contributed by atoms with Crippen LogP contribution in [-0.4, -0.2) is 11.9 Å². The van der Waals surface area contributed by atoms with Gasteiger partial charge in [-0.25, -0.2) is 0 Å². The third-order valence-electron chi connectivity index (χ3n) is 3.64. The molecule has 2 rings (SSSR count). The Balaban J connectivity index is 2.35. The van der Waals surface area contributed by atoms with Crippen LogP contribution in [0.1, 0.15) is 26.3 Å². The lowest BCUT2D eigenvalue weighted by molar-refractivity contribution is -0.124. The van der Waals surface area contributed by atoms with Crippen molar-refractivity contribution < 1.29 is 4.79 Å².